The van der Waals surface area contributed by atoms with E-state index in [0.717, 1.165) is 16.1 Å². The Morgan fingerprint density at radius 2 is 1.74 bits per heavy atom. The largest absolute Gasteiger partial charge is 0.497 e. The minimum Gasteiger partial charge on any atom is -0.497 e. The molecule has 7 nitrogen and oxygen atoms in total. The number of amides is 1. The molecule has 0 bridgehead atoms. The lowest BCUT2D eigenvalue weighted by molar-refractivity contribution is -0.128. The molecule has 0 radical (unpaired) electrons. The van der Waals surface area contributed by atoms with Crippen LogP contribution < -0.4 is 13.8 Å². The average molecular weight is 392 g/mol. The first kappa shape index (κ1) is 20.6. The predicted octanol–water partition coefficient (Wildman–Crippen LogP) is 2.13. The molecule has 27 heavy (non-hydrogen) atoms. The zero-order valence-electron chi connectivity index (χ0n) is 15.9. The molecule has 0 unspecified atom stereocenters. The Kier molecular flexibility index (Phi) is 6.68. The maximum atomic E-state index is 12.7. The van der Waals surface area contributed by atoms with Crippen molar-refractivity contribution in [2.24, 2.45) is 0 Å². The van der Waals surface area contributed by atoms with Gasteiger partial charge in [0.2, 0.25) is 15.9 Å². The van der Waals surface area contributed by atoms with E-state index in [1.165, 1.54) is 12.0 Å². The minimum atomic E-state index is -3.65. The zero-order valence-corrected chi connectivity index (χ0v) is 16.7. The van der Waals surface area contributed by atoms with Crippen molar-refractivity contribution < 1.29 is 22.7 Å². The van der Waals surface area contributed by atoms with Gasteiger partial charge < -0.3 is 14.4 Å². The Balaban J connectivity index is 2.20. The molecule has 0 aliphatic rings. The van der Waals surface area contributed by atoms with Crippen molar-refractivity contribution in [2.45, 2.75) is 6.54 Å². The van der Waals surface area contributed by atoms with E-state index in [4.69, 9.17) is 9.47 Å². The quantitative estimate of drug-likeness (QED) is 0.688. The van der Waals surface area contributed by atoms with Crippen molar-refractivity contribution in [3.8, 4) is 11.5 Å². The van der Waals surface area contributed by atoms with Gasteiger partial charge in [-0.2, -0.15) is 0 Å². The lowest BCUT2D eigenvalue weighted by Gasteiger charge is -2.25. The van der Waals surface area contributed by atoms with Gasteiger partial charge in [-0.05, 0) is 18.2 Å². The molecule has 2 aromatic carbocycles. The summed E-state index contributed by atoms with van der Waals surface area (Å²) >= 11 is 0. The first-order valence-corrected chi connectivity index (χ1v) is 10.1. The predicted molar refractivity (Wildman–Crippen MR) is 105 cm³/mol. The molecule has 0 heterocycles. The number of carbonyl (C=O) groups excluding carboxylic acids is 1. The molecule has 0 saturated carbocycles. The molecular weight excluding hydrogens is 368 g/mol. The average Bonchev–Trinajstić information content (AvgIpc) is 2.65. The van der Waals surface area contributed by atoms with Crippen molar-refractivity contribution in [2.75, 3.05) is 38.4 Å². The molecule has 2 aromatic rings. The Hall–Kier alpha value is -2.74. The Morgan fingerprint density at radius 3 is 2.37 bits per heavy atom. The SMILES string of the molecule is COc1cccc(N(CC(=O)N(C)Cc2ccccc2OC)S(C)(=O)=O)c1. The third-order valence-corrected chi connectivity index (χ3v) is 5.19. The normalized spacial score (nSPS) is 11.0. The van der Waals surface area contributed by atoms with Crippen LogP contribution in [-0.2, 0) is 21.4 Å². The molecule has 8 heteroatoms. The number of carbonyl (C=O) groups is 1. The summed E-state index contributed by atoms with van der Waals surface area (Å²) in [5.41, 5.74) is 1.21. The second-order valence-corrected chi connectivity index (χ2v) is 7.94. The first-order valence-electron chi connectivity index (χ1n) is 8.24. The van der Waals surface area contributed by atoms with Crippen LogP contribution in [0.4, 0.5) is 5.69 Å². The molecule has 1 amide bonds. The number of benzene rings is 2. The Bertz CT molecular complexity index is 898. The highest BCUT2D eigenvalue weighted by atomic mass is 32.2. The second-order valence-electron chi connectivity index (χ2n) is 6.03. The van der Waals surface area contributed by atoms with Gasteiger partial charge in [0.1, 0.15) is 18.0 Å². The molecule has 0 atom stereocenters. The number of rotatable bonds is 8. The highest BCUT2D eigenvalue weighted by molar-refractivity contribution is 7.92. The van der Waals surface area contributed by atoms with Gasteiger partial charge in [-0.3, -0.25) is 9.10 Å². The van der Waals surface area contributed by atoms with E-state index >= 15 is 0 Å². The molecule has 0 aliphatic heterocycles. The Morgan fingerprint density at radius 1 is 1.04 bits per heavy atom. The van der Waals surface area contributed by atoms with E-state index in [9.17, 15) is 13.2 Å². The fraction of sp³-hybridized carbons (Fsp3) is 0.316. The summed E-state index contributed by atoms with van der Waals surface area (Å²) in [6, 6.07) is 14.0. The summed E-state index contributed by atoms with van der Waals surface area (Å²) < 4.78 is 36.0. The molecule has 0 spiro atoms. The summed E-state index contributed by atoms with van der Waals surface area (Å²) in [5, 5.41) is 0. The molecule has 0 aliphatic carbocycles. The summed E-state index contributed by atoms with van der Waals surface area (Å²) in [7, 11) is 1.03. The number of nitrogens with zero attached hydrogens (tertiary/aromatic N) is 2. The van der Waals surface area contributed by atoms with E-state index < -0.39 is 10.0 Å². The second kappa shape index (κ2) is 8.77. The summed E-state index contributed by atoms with van der Waals surface area (Å²) in [6.45, 7) is -0.00376. The van der Waals surface area contributed by atoms with Crippen LogP contribution in [0.5, 0.6) is 11.5 Å². The fourth-order valence-electron chi connectivity index (χ4n) is 2.59. The first-order chi connectivity index (χ1) is 12.8. The van der Waals surface area contributed by atoms with Gasteiger partial charge >= 0.3 is 0 Å². The standard InChI is InChI=1S/C19H24N2O5S/c1-20(13-15-8-5-6-11-18(15)26-3)19(22)14-21(27(4,23)24)16-9-7-10-17(12-16)25-2/h5-12H,13-14H2,1-4H3. The van der Waals surface area contributed by atoms with Crippen LogP contribution in [-0.4, -0.2) is 53.3 Å². The lowest BCUT2D eigenvalue weighted by atomic mass is 10.2. The molecule has 0 saturated heterocycles. The smallest absolute Gasteiger partial charge is 0.243 e. The number of sulfonamides is 1. The molecular formula is C19H24N2O5S. The number of likely N-dealkylation sites (N-methyl/N-ethyl adjacent to an activating group) is 1. The molecule has 0 N–H and O–H groups in total. The van der Waals surface area contributed by atoms with Gasteiger partial charge in [-0.15, -0.1) is 0 Å². The van der Waals surface area contributed by atoms with Crippen LogP contribution >= 0.6 is 0 Å². The maximum Gasteiger partial charge on any atom is 0.243 e. The van der Waals surface area contributed by atoms with E-state index in [0.29, 0.717) is 23.7 Å². The number of anilines is 1. The number of para-hydroxylation sites is 1. The van der Waals surface area contributed by atoms with Gasteiger partial charge in [0, 0.05) is 25.2 Å². The van der Waals surface area contributed by atoms with E-state index in [1.807, 2.05) is 24.3 Å². The van der Waals surface area contributed by atoms with Crippen LogP contribution in [0.1, 0.15) is 5.56 Å². The van der Waals surface area contributed by atoms with E-state index in [1.54, 1.807) is 38.4 Å². The summed E-state index contributed by atoms with van der Waals surface area (Å²) in [5.74, 6) is 0.843. The van der Waals surface area contributed by atoms with Crippen molar-refractivity contribution in [1.29, 1.82) is 0 Å². The third-order valence-electron chi connectivity index (χ3n) is 4.05. The molecule has 0 aromatic heterocycles. The van der Waals surface area contributed by atoms with E-state index in [-0.39, 0.29) is 12.5 Å². The number of hydrogen-bond acceptors (Lipinski definition) is 5. The van der Waals surface area contributed by atoms with Crippen LogP contribution in [0.3, 0.4) is 0 Å². The third kappa shape index (κ3) is 5.37. The van der Waals surface area contributed by atoms with Crippen molar-refractivity contribution in [3.63, 3.8) is 0 Å². The van der Waals surface area contributed by atoms with Crippen LogP contribution in [0.25, 0.3) is 0 Å². The van der Waals surface area contributed by atoms with Crippen molar-refractivity contribution in [3.05, 3.63) is 54.1 Å². The van der Waals surface area contributed by atoms with Gasteiger partial charge in [-0.25, -0.2) is 8.42 Å². The van der Waals surface area contributed by atoms with Crippen LogP contribution in [0.15, 0.2) is 48.5 Å². The Labute approximate surface area is 160 Å². The van der Waals surface area contributed by atoms with Crippen molar-refractivity contribution >= 4 is 21.6 Å². The van der Waals surface area contributed by atoms with Crippen LogP contribution in [0, 0.1) is 0 Å². The van der Waals surface area contributed by atoms with Crippen molar-refractivity contribution in [1.82, 2.24) is 4.90 Å². The molecule has 0 fully saturated rings. The monoisotopic (exact) mass is 392 g/mol. The molecule has 146 valence electrons. The van der Waals surface area contributed by atoms with E-state index in [2.05, 4.69) is 0 Å². The minimum absolute atomic E-state index is 0.304. The lowest BCUT2D eigenvalue weighted by Crippen LogP contribution is -2.41. The number of hydrogen-bond donors (Lipinski definition) is 0. The van der Waals surface area contributed by atoms with Gasteiger partial charge in [-0.1, -0.05) is 24.3 Å². The summed E-state index contributed by atoms with van der Waals surface area (Å²) in [6.07, 6.45) is 1.07. The number of methoxy groups -OCH3 is 2. The zero-order chi connectivity index (χ0) is 20.0. The maximum absolute atomic E-state index is 12.7. The van der Waals surface area contributed by atoms with Gasteiger partial charge in [0.15, 0.2) is 0 Å². The topological polar surface area (TPSA) is 76.2 Å². The van der Waals surface area contributed by atoms with Gasteiger partial charge in [0.25, 0.3) is 0 Å². The highest BCUT2D eigenvalue weighted by Crippen LogP contribution is 2.24. The number of ether oxygens (including phenoxy) is 2. The summed E-state index contributed by atoms with van der Waals surface area (Å²) in [4.78, 5) is 14.1. The highest BCUT2D eigenvalue weighted by Gasteiger charge is 2.23. The van der Waals surface area contributed by atoms with Crippen LogP contribution in [0.2, 0.25) is 0 Å². The van der Waals surface area contributed by atoms with Gasteiger partial charge in [0.05, 0.1) is 26.2 Å². The molecule has 2 rings (SSSR count). The fourth-order valence-corrected chi connectivity index (χ4v) is 3.43.